The van der Waals surface area contributed by atoms with Crippen molar-refractivity contribution in [3.63, 3.8) is 0 Å². The Morgan fingerprint density at radius 3 is 2.64 bits per heavy atom. The fourth-order valence-corrected chi connectivity index (χ4v) is 5.17. The van der Waals surface area contributed by atoms with Crippen molar-refractivity contribution in [1.29, 1.82) is 0 Å². The smallest absolute Gasteiger partial charge is 0.141 e. The van der Waals surface area contributed by atoms with E-state index in [0.717, 1.165) is 24.8 Å². The van der Waals surface area contributed by atoms with Crippen LogP contribution in [0.3, 0.4) is 0 Å². The molecule has 0 N–H and O–H groups in total. The van der Waals surface area contributed by atoms with Gasteiger partial charge in [0.25, 0.3) is 0 Å². The van der Waals surface area contributed by atoms with E-state index in [9.17, 15) is 0 Å². The lowest BCUT2D eigenvalue weighted by Crippen LogP contribution is -2.33. The summed E-state index contributed by atoms with van der Waals surface area (Å²) in [5.74, 6) is 3.01. The van der Waals surface area contributed by atoms with Crippen LogP contribution < -0.4 is 4.90 Å². The summed E-state index contributed by atoms with van der Waals surface area (Å²) < 4.78 is 0. The number of thiophene rings is 1. The van der Waals surface area contributed by atoms with Crippen LogP contribution in [0.25, 0.3) is 10.2 Å². The molecule has 0 amide bonds. The molecule has 3 heterocycles. The van der Waals surface area contributed by atoms with Gasteiger partial charge >= 0.3 is 0 Å². The Balaban J connectivity index is 1.84. The minimum Gasteiger partial charge on any atom is -0.356 e. The van der Waals surface area contributed by atoms with Crippen molar-refractivity contribution in [2.75, 3.05) is 18.0 Å². The molecule has 0 aromatic carbocycles. The third kappa shape index (κ3) is 2.51. The second kappa shape index (κ2) is 5.80. The summed E-state index contributed by atoms with van der Waals surface area (Å²) in [6.45, 7) is 6.71. The van der Waals surface area contributed by atoms with Crippen molar-refractivity contribution in [2.24, 2.45) is 5.92 Å². The predicted molar refractivity (Wildman–Crippen MR) is 94.0 cm³/mol. The van der Waals surface area contributed by atoms with Gasteiger partial charge in [0.05, 0.1) is 5.39 Å². The molecule has 1 saturated heterocycles. The number of hydrogen-bond acceptors (Lipinski definition) is 4. The molecule has 1 aliphatic carbocycles. The Kier molecular flexibility index (Phi) is 3.81. The molecule has 2 aliphatic rings. The topological polar surface area (TPSA) is 29.0 Å². The van der Waals surface area contributed by atoms with Gasteiger partial charge in [-0.1, -0.05) is 13.3 Å². The Morgan fingerprint density at radius 2 is 1.82 bits per heavy atom. The molecule has 1 aliphatic heterocycles. The second-order valence-electron chi connectivity index (χ2n) is 7.01. The molecule has 0 saturated carbocycles. The maximum Gasteiger partial charge on any atom is 0.141 e. The number of fused-ring (bicyclic) bond motifs is 3. The molecule has 0 bridgehead atoms. The third-order valence-electron chi connectivity index (χ3n) is 5.24. The van der Waals surface area contributed by atoms with Crippen LogP contribution in [-0.4, -0.2) is 23.1 Å². The molecule has 0 spiro atoms. The SMILES string of the molecule is Cc1nc(N2CCC(C)CC2)c2c3c(sc2n1)CCCCC3. The average Bonchev–Trinajstić information content (AvgIpc) is 2.69. The third-order valence-corrected chi connectivity index (χ3v) is 6.43. The molecule has 0 radical (unpaired) electrons. The molecule has 0 unspecified atom stereocenters. The molecular formula is C18H25N3S. The molecular weight excluding hydrogens is 290 g/mol. The monoisotopic (exact) mass is 315 g/mol. The molecule has 1 fully saturated rings. The van der Waals surface area contributed by atoms with Crippen LogP contribution in [0.4, 0.5) is 5.82 Å². The molecule has 3 nitrogen and oxygen atoms in total. The first kappa shape index (κ1) is 14.4. The van der Waals surface area contributed by atoms with Crippen LogP contribution in [0.2, 0.25) is 0 Å². The number of rotatable bonds is 1. The summed E-state index contributed by atoms with van der Waals surface area (Å²) in [5.41, 5.74) is 1.58. The number of piperidine rings is 1. The maximum atomic E-state index is 4.88. The van der Waals surface area contributed by atoms with Crippen molar-refractivity contribution in [3.8, 4) is 0 Å². The van der Waals surface area contributed by atoms with E-state index in [0.29, 0.717) is 0 Å². The molecule has 2 aromatic heterocycles. The molecule has 118 valence electrons. The van der Waals surface area contributed by atoms with Crippen molar-refractivity contribution < 1.29 is 0 Å². The molecule has 0 atom stereocenters. The predicted octanol–water partition coefficient (Wildman–Crippen LogP) is 4.50. The maximum absolute atomic E-state index is 4.88. The number of hydrogen-bond donors (Lipinski definition) is 0. The zero-order valence-electron chi connectivity index (χ0n) is 13.7. The summed E-state index contributed by atoms with van der Waals surface area (Å²) in [6.07, 6.45) is 9.07. The highest BCUT2D eigenvalue weighted by molar-refractivity contribution is 7.19. The van der Waals surface area contributed by atoms with E-state index in [4.69, 9.17) is 9.97 Å². The van der Waals surface area contributed by atoms with E-state index in [-0.39, 0.29) is 0 Å². The van der Waals surface area contributed by atoms with Gasteiger partial charge in [0, 0.05) is 18.0 Å². The van der Waals surface area contributed by atoms with E-state index in [1.54, 1.807) is 10.4 Å². The van der Waals surface area contributed by atoms with E-state index < -0.39 is 0 Å². The molecule has 4 heteroatoms. The molecule has 22 heavy (non-hydrogen) atoms. The summed E-state index contributed by atoms with van der Waals surface area (Å²) in [4.78, 5) is 15.0. The van der Waals surface area contributed by atoms with Crippen LogP contribution in [0, 0.1) is 12.8 Å². The number of anilines is 1. The highest BCUT2D eigenvalue weighted by atomic mass is 32.1. The lowest BCUT2D eigenvalue weighted by molar-refractivity contribution is 0.437. The van der Waals surface area contributed by atoms with Crippen LogP contribution in [0.5, 0.6) is 0 Å². The quantitative estimate of drug-likeness (QED) is 0.725. The number of nitrogens with zero attached hydrogens (tertiary/aromatic N) is 3. The fraction of sp³-hybridized carbons (Fsp3) is 0.667. The first-order valence-corrected chi connectivity index (χ1v) is 9.58. The van der Waals surface area contributed by atoms with Crippen LogP contribution in [0.1, 0.15) is 55.3 Å². The molecule has 2 aromatic rings. The first-order valence-electron chi connectivity index (χ1n) is 8.76. The van der Waals surface area contributed by atoms with E-state index in [1.165, 1.54) is 61.0 Å². The highest BCUT2D eigenvalue weighted by Crippen LogP contribution is 2.39. The van der Waals surface area contributed by atoms with E-state index in [2.05, 4.69) is 11.8 Å². The van der Waals surface area contributed by atoms with Gasteiger partial charge in [0.1, 0.15) is 16.5 Å². The lowest BCUT2D eigenvalue weighted by atomic mass is 9.98. The van der Waals surface area contributed by atoms with Gasteiger partial charge < -0.3 is 4.90 Å². The van der Waals surface area contributed by atoms with Crippen LogP contribution >= 0.6 is 11.3 Å². The second-order valence-corrected chi connectivity index (χ2v) is 8.09. The summed E-state index contributed by atoms with van der Waals surface area (Å²) in [5, 5.41) is 1.39. The van der Waals surface area contributed by atoms with Gasteiger partial charge in [-0.25, -0.2) is 9.97 Å². The van der Waals surface area contributed by atoms with Crippen molar-refractivity contribution in [3.05, 3.63) is 16.3 Å². The summed E-state index contributed by atoms with van der Waals surface area (Å²) in [6, 6.07) is 0. The lowest BCUT2D eigenvalue weighted by Gasteiger charge is -2.32. The van der Waals surface area contributed by atoms with Crippen molar-refractivity contribution in [2.45, 2.75) is 58.8 Å². The first-order chi connectivity index (χ1) is 10.7. The van der Waals surface area contributed by atoms with Crippen molar-refractivity contribution >= 4 is 27.4 Å². The Bertz CT molecular complexity index is 683. The average molecular weight is 315 g/mol. The molecule has 4 rings (SSSR count). The number of aryl methyl sites for hydroxylation is 3. The standard InChI is InChI=1S/C18H25N3S/c1-12-8-10-21(11-9-12)17-16-14-6-4-3-5-7-15(14)22-18(16)20-13(2)19-17/h12H,3-11H2,1-2H3. The van der Waals surface area contributed by atoms with Gasteiger partial charge in [-0.05, 0) is 56.9 Å². The van der Waals surface area contributed by atoms with E-state index >= 15 is 0 Å². The number of aromatic nitrogens is 2. The fourth-order valence-electron chi connectivity index (χ4n) is 3.87. The van der Waals surface area contributed by atoms with Gasteiger partial charge in [-0.2, -0.15) is 0 Å². The zero-order valence-corrected chi connectivity index (χ0v) is 14.5. The normalized spacial score (nSPS) is 20.2. The largest absolute Gasteiger partial charge is 0.356 e. The minimum absolute atomic E-state index is 0.856. The van der Waals surface area contributed by atoms with Gasteiger partial charge in [-0.15, -0.1) is 11.3 Å². The Hall–Kier alpha value is -1.16. The zero-order chi connectivity index (χ0) is 15.1. The summed E-state index contributed by atoms with van der Waals surface area (Å²) in [7, 11) is 0. The Morgan fingerprint density at radius 1 is 1.05 bits per heavy atom. The highest BCUT2D eigenvalue weighted by Gasteiger charge is 2.24. The van der Waals surface area contributed by atoms with E-state index in [1.807, 2.05) is 18.3 Å². The van der Waals surface area contributed by atoms with Gasteiger partial charge in [0.2, 0.25) is 0 Å². The summed E-state index contributed by atoms with van der Waals surface area (Å²) >= 11 is 1.93. The van der Waals surface area contributed by atoms with Crippen LogP contribution in [0.15, 0.2) is 0 Å². The van der Waals surface area contributed by atoms with Gasteiger partial charge in [-0.3, -0.25) is 0 Å². The minimum atomic E-state index is 0.856. The van der Waals surface area contributed by atoms with Crippen LogP contribution in [-0.2, 0) is 12.8 Å². The Labute approximate surface area is 136 Å². The van der Waals surface area contributed by atoms with Crippen molar-refractivity contribution in [1.82, 2.24) is 9.97 Å². The van der Waals surface area contributed by atoms with Gasteiger partial charge in [0.15, 0.2) is 0 Å².